The van der Waals surface area contributed by atoms with E-state index in [1.54, 1.807) is 0 Å². The Balaban J connectivity index is 2.13. The molecule has 0 aliphatic heterocycles. The normalized spacial score (nSPS) is 25.2. The van der Waals surface area contributed by atoms with Gasteiger partial charge in [0.2, 0.25) is 5.95 Å². The van der Waals surface area contributed by atoms with E-state index in [-0.39, 0.29) is 0 Å². The molecule has 0 atom stereocenters. The van der Waals surface area contributed by atoms with Crippen LogP contribution in [-0.2, 0) is 0 Å². The van der Waals surface area contributed by atoms with Gasteiger partial charge in [-0.15, -0.1) is 0 Å². The number of aromatic nitrogens is 2. The van der Waals surface area contributed by atoms with Gasteiger partial charge in [0.05, 0.1) is 5.69 Å². The van der Waals surface area contributed by atoms with Crippen LogP contribution in [0, 0.1) is 12.8 Å². The number of anilines is 1. The van der Waals surface area contributed by atoms with E-state index in [2.05, 4.69) is 48.8 Å². The van der Waals surface area contributed by atoms with Crippen LogP contribution in [0.2, 0.25) is 0 Å². The van der Waals surface area contributed by atoms with Gasteiger partial charge in [0.1, 0.15) is 0 Å². The van der Waals surface area contributed by atoms with Crippen LogP contribution in [0.4, 0.5) is 5.95 Å². The van der Waals surface area contributed by atoms with Gasteiger partial charge in [0.25, 0.3) is 0 Å². The number of nitrogens with zero attached hydrogens (tertiary/aromatic N) is 2. The summed E-state index contributed by atoms with van der Waals surface area (Å²) in [5.74, 6) is 1.95. The first-order chi connectivity index (χ1) is 8.06. The number of rotatable bonds is 3. The number of hydrogen-bond acceptors (Lipinski definition) is 2. The second kappa shape index (κ2) is 5.11. The molecule has 1 aliphatic rings. The van der Waals surface area contributed by atoms with E-state index in [4.69, 9.17) is 0 Å². The van der Waals surface area contributed by atoms with E-state index in [1.807, 2.05) is 0 Å². The first-order valence-corrected chi connectivity index (χ1v) is 6.88. The Hall–Kier alpha value is -0.990. The van der Waals surface area contributed by atoms with E-state index in [0.29, 0.717) is 12.1 Å². The summed E-state index contributed by atoms with van der Waals surface area (Å²) in [7, 11) is 0. The van der Waals surface area contributed by atoms with Crippen LogP contribution in [0.15, 0.2) is 6.20 Å². The van der Waals surface area contributed by atoms with Gasteiger partial charge in [-0.05, 0) is 52.4 Å². The molecule has 96 valence electrons. The first kappa shape index (κ1) is 12.5. The van der Waals surface area contributed by atoms with Gasteiger partial charge in [-0.1, -0.05) is 6.92 Å². The topological polar surface area (TPSA) is 29.9 Å². The summed E-state index contributed by atoms with van der Waals surface area (Å²) in [4.78, 5) is 4.60. The lowest BCUT2D eigenvalue weighted by molar-refractivity contribution is 0.291. The summed E-state index contributed by atoms with van der Waals surface area (Å²) in [5.41, 5.74) is 1.12. The van der Waals surface area contributed by atoms with Crippen LogP contribution in [0.25, 0.3) is 0 Å². The number of nitrogens with one attached hydrogen (secondary N) is 1. The summed E-state index contributed by atoms with van der Waals surface area (Å²) in [5, 5.41) is 3.45. The summed E-state index contributed by atoms with van der Waals surface area (Å²) < 4.78 is 2.36. The quantitative estimate of drug-likeness (QED) is 0.864. The number of imidazole rings is 1. The highest BCUT2D eigenvalue weighted by Gasteiger charge is 2.22. The standard InChI is InChI=1S/C14H25N3/c1-10(2)15-14-16-12(4)9-17(14)13-7-5-11(3)6-8-13/h9-11,13H,5-8H2,1-4H3,(H,15,16). The van der Waals surface area contributed by atoms with Crippen molar-refractivity contribution in [3.8, 4) is 0 Å². The summed E-state index contributed by atoms with van der Waals surface area (Å²) in [6, 6.07) is 1.09. The predicted octanol–water partition coefficient (Wildman–Crippen LogP) is 3.76. The molecule has 0 spiro atoms. The molecule has 0 aromatic carbocycles. The lowest BCUT2D eigenvalue weighted by Gasteiger charge is -2.28. The Bertz CT molecular complexity index is 360. The molecular formula is C14H25N3. The maximum Gasteiger partial charge on any atom is 0.203 e. The predicted molar refractivity (Wildman–Crippen MR) is 72.4 cm³/mol. The summed E-state index contributed by atoms with van der Waals surface area (Å²) in [6.07, 6.45) is 7.49. The molecule has 0 radical (unpaired) electrons. The molecule has 1 heterocycles. The van der Waals surface area contributed by atoms with Gasteiger partial charge in [-0.3, -0.25) is 0 Å². The minimum Gasteiger partial charge on any atom is -0.353 e. The van der Waals surface area contributed by atoms with E-state index < -0.39 is 0 Å². The van der Waals surface area contributed by atoms with Gasteiger partial charge in [-0.2, -0.15) is 0 Å². The molecule has 1 N–H and O–H groups in total. The largest absolute Gasteiger partial charge is 0.353 e. The van der Waals surface area contributed by atoms with Crippen molar-refractivity contribution < 1.29 is 0 Å². The molecule has 1 fully saturated rings. The molecule has 17 heavy (non-hydrogen) atoms. The molecule has 0 bridgehead atoms. The van der Waals surface area contributed by atoms with Crippen molar-refractivity contribution in [1.82, 2.24) is 9.55 Å². The molecule has 1 saturated carbocycles. The SMILES string of the molecule is Cc1cn(C2CCC(C)CC2)c(NC(C)C)n1. The monoisotopic (exact) mass is 235 g/mol. The molecule has 1 aliphatic carbocycles. The lowest BCUT2D eigenvalue weighted by Crippen LogP contribution is -2.20. The molecule has 0 unspecified atom stereocenters. The molecule has 2 rings (SSSR count). The van der Waals surface area contributed by atoms with Gasteiger partial charge in [0, 0.05) is 18.3 Å². The van der Waals surface area contributed by atoms with Crippen LogP contribution in [0.3, 0.4) is 0 Å². The molecule has 1 aromatic rings. The number of hydrogen-bond donors (Lipinski definition) is 1. The maximum atomic E-state index is 4.60. The van der Waals surface area contributed by atoms with Crippen LogP contribution < -0.4 is 5.32 Å². The van der Waals surface area contributed by atoms with Crippen LogP contribution in [0.1, 0.15) is 58.2 Å². The van der Waals surface area contributed by atoms with Crippen molar-refractivity contribution in [1.29, 1.82) is 0 Å². The van der Waals surface area contributed by atoms with Crippen molar-refractivity contribution in [3.63, 3.8) is 0 Å². The third-order valence-electron chi connectivity index (χ3n) is 3.65. The summed E-state index contributed by atoms with van der Waals surface area (Å²) in [6.45, 7) is 8.77. The fraction of sp³-hybridized carbons (Fsp3) is 0.786. The molecule has 3 heteroatoms. The zero-order chi connectivity index (χ0) is 12.4. The van der Waals surface area contributed by atoms with Crippen molar-refractivity contribution >= 4 is 5.95 Å². The van der Waals surface area contributed by atoms with Crippen molar-refractivity contribution in [3.05, 3.63) is 11.9 Å². The Morgan fingerprint density at radius 3 is 2.53 bits per heavy atom. The third kappa shape index (κ3) is 3.02. The van der Waals surface area contributed by atoms with Gasteiger partial charge >= 0.3 is 0 Å². The zero-order valence-electron chi connectivity index (χ0n) is 11.5. The highest BCUT2D eigenvalue weighted by Crippen LogP contribution is 2.33. The first-order valence-electron chi connectivity index (χ1n) is 6.88. The molecule has 0 amide bonds. The van der Waals surface area contributed by atoms with Crippen molar-refractivity contribution in [2.45, 2.75) is 65.5 Å². The molecule has 3 nitrogen and oxygen atoms in total. The van der Waals surface area contributed by atoms with Crippen molar-refractivity contribution in [2.24, 2.45) is 5.92 Å². The second-order valence-electron chi connectivity index (χ2n) is 5.83. The Labute approximate surface area is 105 Å². The summed E-state index contributed by atoms with van der Waals surface area (Å²) >= 11 is 0. The lowest BCUT2D eigenvalue weighted by atomic mass is 9.87. The minimum absolute atomic E-state index is 0.443. The van der Waals surface area contributed by atoms with E-state index in [1.165, 1.54) is 25.7 Å². The molecule has 1 aromatic heterocycles. The highest BCUT2D eigenvalue weighted by molar-refractivity contribution is 5.30. The number of aryl methyl sites for hydroxylation is 1. The Kier molecular flexibility index (Phi) is 3.75. The van der Waals surface area contributed by atoms with E-state index >= 15 is 0 Å². The maximum absolute atomic E-state index is 4.60. The van der Waals surface area contributed by atoms with Crippen LogP contribution >= 0.6 is 0 Å². The van der Waals surface area contributed by atoms with Gasteiger partial charge in [-0.25, -0.2) is 4.98 Å². The highest BCUT2D eigenvalue weighted by atomic mass is 15.2. The average Bonchev–Trinajstić information content (AvgIpc) is 2.59. The Morgan fingerprint density at radius 2 is 1.94 bits per heavy atom. The second-order valence-corrected chi connectivity index (χ2v) is 5.83. The van der Waals surface area contributed by atoms with E-state index in [9.17, 15) is 0 Å². The fourth-order valence-corrected chi connectivity index (χ4v) is 2.68. The molecular weight excluding hydrogens is 210 g/mol. The third-order valence-corrected chi connectivity index (χ3v) is 3.65. The zero-order valence-corrected chi connectivity index (χ0v) is 11.5. The van der Waals surface area contributed by atoms with Crippen LogP contribution in [0.5, 0.6) is 0 Å². The smallest absolute Gasteiger partial charge is 0.203 e. The molecule has 0 saturated heterocycles. The fourth-order valence-electron chi connectivity index (χ4n) is 2.68. The average molecular weight is 235 g/mol. The van der Waals surface area contributed by atoms with E-state index in [0.717, 1.165) is 17.6 Å². The van der Waals surface area contributed by atoms with Gasteiger partial charge < -0.3 is 9.88 Å². The van der Waals surface area contributed by atoms with Crippen LogP contribution in [-0.4, -0.2) is 15.6 Å². The Morgan fingerprint density at radius 1 is 1.29 bits per heavy atom. The van der Waals surface area contributed by atoms with Crippen molar-refractivity contribution in [2.75, 3.05) is 5.32 Å². The van der Waals surface area contributed by atoms with Gasteiger partial charge in [0.15, 0.2) is 0 Å². The minimum atomic E-state index is 0.443.